The molecule has 0 saturated carbocycles. The summed E-state index contributed by atoms with van der Waals surface area (Å²) in [7, 11) is 3.32. The fraction of sp³-hybridized carbons (Fsp3) is 0.321. The Bertz CT molecular complexity index is 1030. The average Bonchev–Trinajstić information content (AvgIpc) is 3.08. The standard InChI is InChI=1S/C28H29NO4/c1-32-22-12-8-18(9-13-22)26-24-16-21(30)17-25(27(26)19-10-14-23(33-2)15-11-19)29(24)28(31)20-6-4-3-5-7-20/h3-15,21,24-27,30H,16-17H2,1-2H3/t21?,24-,25+,26-,27+. The fourth-order valence-corrected chi connectivity index (χ4v) is 5.79. The van der Waals surface area contributed by atoms with Gasteiger partial charge in [-0.15, -0.1) is 0 Å². The van der Waals surface area contributed by atoms with E-state index in [0.717, 1.165) is 22.6 Å². The van der Waals surface area contributed by atoms with Crippen molar-refractivity contribution in [2.45, 2.75) is 42.9 Å². The van der Waals surface area contributed by atoms with Crippen LogP contribution in [0.2, 0.25) is 0 Å². The van der Waals surface area contributed by atoms with E-state index in [-0.39, 0.29) is 29.8 Å². The summed E-state index contributed by atoms with van der Waals surface area (Å²) in [5.74, 6) is 1.78. The molecule has 2 saturated heterocycles. The van der Waals surface area contributed by atoms with Crippen LogP contribution >= 0.6 is 0 Å². The number of benzene rings is 3. The Balaban J connectivity index is 1.62. The van der Waals surface area contributed by atoms with Gasteiger partial charge in [0.2, 0.25) is 0 Å². The molecule has 1 unspecified atom stereocenters. The molecule has 33 heavy (non-hydrogen) atoms. The van der Waals surface area contributed by atoms with Crippen LogP contribution in [0.5, 0.6) is 11.5 Å². The number of fused-ring (bicyclic) bond motifs is 2. The van der Waals surface area contributed by atoms with Crippen molar-refractivity contribution in [3.05, 3.63) is 95.6 Å². The van der Waals surface area contributed by atoms with Crippen molar-refractivity contribution >= 4 is 5.91 Å². The number of aliphatic hydroxyl groups is 1. The van der Waals surface area contributed by atoms with Crippen molar-refractivity contribution in [1.29, 1.82) is 0 Å². The second-order valence-corrected chi connectivity index (χ2v) is 8.94. The zero-order valence-corrected chi connectivity index (χ0v) is 18.9. The summed E-state index contributed by atoms with van der Waals surface area (Å²) in [4.78, 5) is 15.8. The molecule has 1 amide bonds. The number of nitrogens with zero attached hydrogens (tertiary/aromatic N) is 1. The highest BCUT2D eigenvalue weighted by Crippen LogP contribution is 2.54. The lowest BCUT2D eigenvalue weighted by molar-refractivity contribution is 0.0261. The normalized spacial score (nSPS) is 26.2. The number of ether oxygens (including phenoxy) is 2. The van der Waals surface area contributed by atoms with Crippen molar-refractivity contribution in [2.24, 2.45) is 0 Å². The molecule has 170 valence electrons. The van der Waals surface area contributed by atoms with Gasteiger partial charge in [-0.05, 0) is 60.4 Å². The SMILES string of the molecule is COc1ccc([C@@H]2[C@H](c3ccc(OC)cc3)[C@H]3CC(O)C[C@@H]2N3C(=O)c2ccccc2)cc1. The summed E-state index contributed by atoms with van der Waals surface area (Å²) in [5, 5.41) is 10.8. The second-order valence-electron chi connectivity index (χ2n) is 8.94. The van der Waals surface area contributed by atoms with Crippen molar-refractivity contribution < 1.29 is 19.4 Å². The monoisotopic (exact) mass is 443 g/mol. The Morgan fingerprint density at radius 1 is 0.758 bits per heavy atom. The maximum absolute atomic E-state index is 13.7. The lowest BCUT2D eigenvalue weighted by atomic mass is 9.78. The smallest absolute Gasteiger partial charge is 0.254 e. The minimum Gasteiger partial charge on any atom is -0.497 e. The molecule has 1 N–H and O–H groups in total. The summed E-state index contributed by atoms with van der Waals surface area (Å²) in [6, 6.07) is 25.6. The number of rotatable bonds is 5. The Labute approximate surface area is 194 Å². The van der Waals surface area contributed by atoms with Crippen LogP contribution in [0.4, 0.5) is 0 Å². The van der Waals surface area contributed by atoms with Crippen molar-refractivity contribution in [3.63, 3.8) is 0 Å². The molecule has 2 heterocycles. The Kier molecular flexibility index (Phi) is 5.81. The first-order chi connectivity index (χ1) is 16.1. The number of carbonyl (C=O) groups is 1. The highest BCUT2D eigenvalue weighted by atomic mass is 16.5. The molecule has 5 atom stereocenters. The Morgan fingerprint density at radius 3 is 1.64 bits per heavy atom. The van der Waals surface area contributed by atoms with Gasteiger partial charge in [0.05, 0.1) is 20.3 Å². The lowest BCUT2D eigenvalue weighted by Crippen LogP contribution is -2.49. The van der Waals surface area contributed by atoms with Crippen LogP contribution in [0.25, 0.3) is 0 Å². The van der Waals surface area contributed by atoms with Crippen molar-refractivity contribution in [1.82, 2.24) is 4.90 Å². The molecule has 0 spiro atoms. The molecule has 3 aromatic rings. The summed E-state index contributed by atoms with van der Waals surface area (Å²) in [6.45, 7) is 0. The van der Waals surface area contributed by atoms with Gasteiger partial charge in [0.1, 0.15) is 11.5 Å². The van der Waals surface area contributed by atoms with E-state index in [0.29, 0.717) is 18.4 Å². The van der Waals surface area contributed by atoms with E-state index < -0.39 is 6.10 Å². The van der Waals surface area contributed by atoms with Crippen LogP contribution < -0.4 is 9.47 Å². The van der Waals surface area contributed by atoms with Gasteiger partial charge in [0.25, 0.3) is 5.91 Å². The van der Waals surface area contributed by atoms with E-state index in [1.807, 2.05) is 59.5 Å². The van der Waals surface area contributed by atoms with Gasteiger partial charge in [-0.1, -0.05) is 42.5 Å². The highest BCUT2D eigenvalue weighted by Gasteiger charge is 2.55. The molecule has 2 aliphatic rings. The molecule has 5 nitrogen and oxygen atoms in total. The Morgan fingerprint density at radius 2 is 1.21 bits per heavy atom. The topological polar surface area (TPSA) is 59.0 Å². The number of amides is 1. The van der Waals surface area contributed by atoms with Crippen LogP contribution in [0, 0.1) is 0 Å². The van der Waals surface area contributed by atoms with Gasteiger partial charge >= 0.3 is 0 Å². The first-order valence-electron chi connectivity index (χ1n) is 11.4. The molecule has 2 fully saturated rings. The van der Waals surface area contributed by atoms with Crippen LogP contribution in [-0.4, -0.2) is 48.3 Å². The number of hydrogen-bond donors (Lipinski definition) is 1. The van der Waals surface area contributed by atoms with Crippen molar-refractivity contribution in [2.75, 3.05) is 14.2 Å². The fourth-order valence-electron chi connectivity index (χ4n) is 5.79. The predicted molar refractivity (Wildman–Crippen MR) is 127 cm³/mol. The molecule has 5 rings (SSSR count). The molecule has 0 radical (unpaired) electrons. The summed E-state index contributed by atoms with van der Waals surface area (Å²) < 4.78 is 10.7. The first-order valence-corrected chi connectivity index (χ1v) is 11.4. The maximum Gasteiger partial charge on any atom is 0.254 e. The summed E-state index contributed by atoms with van der Waals surface area (Å²) in [5.41, 5.74) is 3.00. The van der Waals surface area contributed by atoms with Gasteiger partial charge in [-0.25, -0.2) is 0 Å². The van der Waals surface area contributed by atoms with E-state index in [1.54, 1.807) is 14.2 Å². The van der Waals surface area contributed by atoms with Gasteiger partial charge in [0, 0.05) is 29.5 Å². The van der Waals surface area contributed by atoms with E-state index in [4.69, 9.17) is 9.47 Å². The summed E-state index contributed by atoms with van der Waals surface area (Å²) >= 11 is 0. The number of carbonyl (C=O) groups excluding carboxylic acids is 1. The lowest BCUT2D eigenvalue weighted by Gasteiger charge is -2.38. The molecule has 0 aromatic heterocycles. The van der Waals surface area contributed by atoms with Crippen LogP contribution in [-0.2, 0) is 0 Å². The van der Waals surface area contributed by atoms with Crippen molar-refractivity contribution in [3.8, 4) is 11.5 Å². The van der Waals surface area contributed by atoms with Crippen LogP contribution in [0.1, 0.15) is 46.2 Å². The third-order valence-electron chi connectivity index (χ3n) is 7.21. The Hall–Kier alpha value is -3.31. The minimum absolute atomic E-state index is 0.0343. The molecular formula is C28H29NO4. The highest BCUT2D eigenvalue weighted by molar-refractivity contribution is 5.95. The molecule has 5 heteroatoms. The average molecular weight is 444 g/mol. The molecule has 2 bridgehead atoms. The number of aliphatic hydroxyl groups excluding tert-OH is 1. The van der Waals surface area contributed by atoms with Crippen LogP contribution in [0.15, 0.2) is 78.9 Å². The van der Waals surface area contributed by atoms with E-state index in [2.05, 4.69) is 24.3 Å². The van der Waals surface area contributed by atoms with Gasteiger partial charge in [-0.2, -0.15) is 0 Å². The van der Waals surface area contributed by atoms with E-state index in [1.165, 1.54) is 0 Å². The third-order valence-corrected chi connectivity index (χ3v) is 7.21. The molecule has 3 aromatic carbocycles. The van der Waals surface area contributed by atoms with Gasteiger partial charge in [0.15, 0.2) is 0 Å². The zero-order valence-electron chi connectivity index (χ0n) is 18.9. The third kappa shape index (κ3) is 3.87. The second kappa shape index (κ2) is 8.91. The van der Waals surface area contributed by atoms with E-state index in [9.17, 15) is 9.90 Å². The molecular weight excluding hydrogens is 414 g/mol. The number of piperidine rings is 1. The largest absolute Gasteiger partial charge is 0.497 e. The first kappa shape index (κ1) is 21.5. The molecule has 0 aliphatic carbocycles. The van der Waals surface area contributed by atoms with Crippen LogP contribution in [0.3, 0.4) is 0 Å². The predicted octanol–water partition coefficient (Wildman–Crippen LogP) is 4.62. The minimum atomic E-state index is -0.427. The van der Waals surface area contributed by atoms with E-state index >= 15 is 0 Å². The maximum atomic E-state index is 13.7. The quantitative estimate of drug-likeness (QED) is 0.625. The summed E-state index contributed by atoms with van der Waals surface area (Å²) in [6.07, 6.45) is 0.709. The zero-order chi connectivity index (χ0) is 22.9. The molecule has 2 aliphatic heterocycles. The van der Waals surface area contributed by atoms with Gasteiger partial charge < -0.3 is 19.5 Å². The van der Waals surface area contributed by atoms with Gasteiger partial charge in [-0.3, -0.25) is 4.79 Å². The number of hydrogen-bond acceptors (Lipinski definition) is 4. The number of methoxy groups -OCH3 is 2.